The van der Waals surface area contributed by atoms with Crippen LogP contribution < -0.4 is 10.2 Å². The van der Waals surface area contributed by atoms with Gasteiger partial charge in [-0.25, -0.2) is 9.97 Å². The Morgan fingerprint density at radius 1 is 1.36 bits per heavy atom. The van der Waals surface area contributed by atoms with Gasteiger partial charge < -0.3 is 15.3 Å². The van der Waals surface area contributed by atoms with Crippen molar-refractivity contribution in [2.45, 2.75) is 31.3 Å². The lowest BCUT2D eigenvalue weighted by Gasteiger charge is -2.39. The number of hydrogen-bond acceptors (Lipinski definition) is 6. The van der Waals surface area contributed by atoms with Crippen LogP contribution in [-0.4, -0.2) is 56.0 Å². The fraction of sp³-hybridized carbons (Fsp3) is 0.529. The molecule has 2 aromatic heterocycles. The second-order valence-corrected chi connectivity index (χ2v) is 6.52. The molecule has 1 atom stereocenters. The van der Waals surface area contributed by atoms with E-state index in [0.29, 0.717) is 31.8 Å². The molecule has 0 radical (unpaired) electrons. The Morgan fingerprint density at radius 2 is 2.16 bits per heavy atom. The highest BCUT2D eigenvalue weighted by atomic mass is 16.3. The quantitative estimate of drug-likeness (QED) is 0.782. The number of aromatic nitrogens is 4. The van der Waals surface area contributed by atoms with Gasteiger partial charge in [0.15, 0.2) is 0 Å². The van der Waals surface area contributed by atoms with E-state index in [1.807, 2.05) is 18.0 Å². The first-order chi connectivity index (χ1) is 12.1. The summed E-state index contributed by atoms with van der Waals surface area (Å²) in [6.07, 6.45) is 7.59. The molecule has 1 fully saturated rings. The molecule has 0 spiro atoms. The van der Waals surface area contributed by atoms with Crippen LogP contribution in [0.5, 0.6) is 0 Å². The third-order valence-corrected chi connectivity index (χ3v) is 4.54. The Morgan fingerprint density at radius 3 is 2.88 bits per heavy atom. The molecule has 1 saturated heterocycles. The van der Waals surface area contributed by atoms with Gasteiger partial charge in [-0.05, 0) is 31.4 Å². The van der Waals surface area contributed by atoms with Crippen molar-refractivity contribution >= 4 is 11.9 Å². The highest BCUT2D eigenvalue weighted by Crippen LogP contribution is 2.23. The van der Waals surface area contributed by atoms with E-state index in [0.717, 1.165) is 18.7 Å². The number of anilines is 1. The first kappa shape index (κ1) is 17.3. The van der Waals surface area contributed by atoms with E-state index in [1.54, 1.807) is 29.3 Å². The molecule has 8 heteroatoms. The van der Waals surface area contributed by atoms with Crippen molar-refractivity contribution in [3.63, 3.8) is 0 Å². The van der Waals surface area contributed by atoms with E-state index in [4.69, 9.17) is 0 Å². The maximum atomic E-state index is 12.1. The maximum Gasteiger partial charge on any atom is 0.225 e. The third-order valence-electron chi connectivity index (χ3n) is 4.54. The van der Waals surface area contributed by atoms with Crippen LogP contribution in [0.2, 0.25) is 0 Å². The summed E-state index contributed by atoms with van der Waals surface area (Å²) in [6, 6.07) is 3.67. The lowest BCUT2D eigenvalue weighted by atomic mass is 9.93. The molecule has 3 rings (SSSR count). The second kappa shape index (κ2) is 7.60. The summed E-state index contributed by atoms with van der Waals surface area (Å²) in [4.78, 5) is 22.5. The van der Waals surface area contributed by atoms with E-state index in [1.165, 1.54) is 0 Å². The molecule has 2 N–H and O–H groups in total. The van der Waals surface area contributed by atoms with Gasteiger partial charge in [-0.2, -0.15) is 5.10 Å². The SMILES string of the molecule is Cn1nccc1CCC(=O)NCC1(O)CCCN(c2ncccn2)C1. The fourth-order valence-electron chi connectivity index (χ4n) is 3.12. The molecule has 134 valence electrons. The molecular formula is C17H24N6O2. The van der Waals surface area contributed by atoms with Crippen molar-refractivity contribution in [3.8, 4) is 0 Å². The van der Waals surface area contributed by atoms with Crippen molar-refractivity contribution in [1.82, 2.24) is 25.1 Å². The topological polar surface area (TPSA) is 96.2 Å². The van der Waals surface area contributed by atoms with Crippen LogP contribution >= 0.6 is 0 Å². The molecule has 0 aliphatic carbocycles. The summed E-state index contributed by atoms with van der Waals surface area (Å²) < 4.78 is 1.76. The van der Waals surface area contributed by atoms with Crippen LogP contribution in [0, 0.1) is 0 Å². The van der Waals surface area contributed by atoms with E-state index >= 15 is 0 Å². The predicted octanol–water partition coefficient (Wildman–Crippen LogP) is 0.290. The van der Waals surface area contributed by atoms with Gasteiger partial charge >= 0.3 is 0 Å². The molecule has 0 saturated carbocycles. The van der Waals surface area contributed by atoms with Crippen molar-refractivity contribution in [2.75, 3.05) is 24.5 Å². The maximum absolute atomic E-state index is 12.1. The van der Waals surface area contributed by atoms with Gasteiger partial charge in [-0.1, -0.05) is 0 Å². The first-order valence-corrected chi connectivity index (χ1v) is 8.54. The first-order valence-electron chi connectivity index (χ1n) is 8.54. The molecule has 8 nitrogen and oxygen atoms in total. The van der Waals surface area contributed by atoms with Crippen LogP contribution in [-0.2, 0) is 18.3 Å². The van der Waals surface area contributed by atoms with Gasteiger partial charge in [0, 0.05) is 50.8 Å². The number of hydrogen-bond donors (Lipinski definition) is 2. The highest BCUT2D eigenvalue weighted by Gasteiger charge is 2.34. The van der Waals surface area contributed by atoms with Crippen LogP contribution in [0.3, 0.4) is 0 Å². The second-order valence-electron chi connectivity index (χ2n) is 6.52. The van der Waals surface area contributed by atoms with Crippen LogP contribution in [0.15, 0.2) is 30.7 Å². The molecular weight excluding hydrogens is 320 g/mol. The van der Waals surface area contributed by atoms with Crippen molar-refractivity contribution in [3.05, 3.63) is 36.4 Å². The van der Waals surface area contributed by atoms with E-state index in [2.05, 4.69) is 20.4 Å². The summed E-state index contributed by atoms with van der Waals surface area (Å²) in [5.74, 6) is 0.547. The standard InChI is InChI=1S/C17H24N6O2/c1-22-14(6-10-21-22)4-5-15(24)20-12-17(25)7-2-11-23(13-17)16-18-8-3-9-19-16/h3,6,8-10,25H,2,4-5,7,11-13H2,1H3,(H,20,24). The molecule has 2 aromatic rings. The smallest absolute Gasteiger partial charge is 0.225 e. The zero-order valence-corrected chi connectivity index (χ0v) is 14.4. The molecule has 1 unspecified atom stereocenters. The van der Waals surface area contributed by atoms with Gasteiger partial charge in [-0.3, -0.25) is 9.48 Å². The number of carbonyl (C=O) groups excluding carboxylic acids is 1. The minimum absolute atomic E-state index is 0.0669. The van der Waals surface area contributed by atoms with E-state index < -0.39 is 5.60 Å². The minimum atomic E-state index is -0.959. The molecule has 1 amide bonds. The number of amides is 1. The lowest BCUT2D eigenvalue weighted by Crippen LogP contribution is -2.54. The number of aliphatic hydroxyl groups is 1. The minimum Gasteiger partial charge on any atom is -0.386 e. The number of aryl methyl sites for hydroxylation is 2. The summed E-state index contributed by atoms with van der Waals surface area (Å²) in [7, 11) is 1.86. The summed E-state index contributed by atoms with van der Waals surface area (Å²) in [5, 5.41) is 17.8. The van der Waals surface area contributed by atoms with E-state index in [-0.39, 0.29) is 12.5 Å². The zero-order valence-electron chi connectivity index (χ0n) is 14.4. The highest BCUT2D eigenvalue weighted by molar-refractivity contribution is 5.76. The Labute approximate surface area is 146 Å². The summed E-state index contributed by atoms with van der Waals surface area (Å²) in [6.45, 7) is 1.46. The average Bonchev–Trinajstić information content (AvgIpc) is 3.04. The van der Waals surface area contributed by atoms with Crippen molar-refractivity contribution in [2.24, 2.45) is 7.05 Å². The zero-order chi connectivity index (χ0) is 17.7. The van der Waals surface area contributed by atoms with Gasteiger partial charge in [0.2, 0.25) is 11.9 Å². The van der Waals surface area contributed by atoms with Crippen LogP contribution in [0.1, 0.15) is 25.0 Å². The largest absolute Gasteiger partial charge is 0.386 e. The van der Waals surface area contributed by atoms with Crippen LogP contribution in [0.25, 0.3) is 0 Å². The molecule has 3 heterocycles. The Kier molecular flexibility index (Phi) is 5.28. The molecule has 0 bridgehead atoms. The Balaban J connectivity index is 1.49. The Bertz CT molecular complexity index is 704. The van der Waals surface area contributed by atoms with Gasteiger partial charge in [0.05, 0.1) is 12.1 Å². The van der Waals surface area contributed by atoms with Gasteiger partial charge in [0.25, 0.3) is 0 Å². The van der Waals surface area contributed by atoms with Gasteiger partial charge in [0.1, 0.15) is 0 Å². The number of rotatable bonds is 6. The number of nitrogens with zero attached hydrogens (tertiary/aromatic N) is 5. The van der Waals surface area contributed by atoms with E-state index in [9.17, 15) is 9.90 Å². The number of carbonyl (C=O) groups is 1. The van der Waals surface area contributed by atoms with Crippen molar-refractivity contribution in [1.29, 1.82) is 0 Å². The Hall–Kier alpha value is -2.48. The molecule has 1 aliphatic heterocycles. The molecule has 0 aromatic carbocycles. The number of β-amino-alcohol motifs (C(OH)–C–C–N with tert-alkyl or cyclic N) is 1. The molecule has 25 heavy (non-hydrogen) atoms. The monoisotopic (exact) mass is 344 g/mol. The normalized spacial score (nSPS) is 20.5. The van der Waals surface area contributed by atoms with Gasteiger partial charge in [-0.15, -0.1) is 0 Å². The molecule has 1 aliphatic rings. The summed E-state index contributed by atoms with van der Waals surface area (Å²) in [5.41, 5.74) is 0.0542. The number of piperidine rings is 1. The van der Waals surface area contributed by atoms with Crippen molar-refractivity contribution < 1.29 is 9.90 Å². The predicted molar refractivity (Wildman–Crippen MR) is 93.0 cm³/mol. The fourth-order valence-corrected chi connectivity index (χ4v) is 3.12. The number of nitrogens with one attached hydrogen (secondary N) is 1. The average molecular weight is 344 g/mol. The summed E-state index contributed by atoms with van der Waals surface area (Å²) >= 11 is 0. The van der Waals surface area contributed by atoms with Crippen LogP contribution in [0.4, 0.5) is 5.95 Å². The lowest BCUT2D eigenvalue weighted by molar-refractivity contribution is -0.122. The third kappa shape index (κ3) is 4.54.